The second-order valence-electron chi connectivity index (χ2n) is 4.90. The maximum absolute atomic E-state index is 11.7. The van der Waals surface area contributed by atoms with Crippen LogP contribution in [0.2, 0.25) is 0 Å². The van der Waals surface area contributed by atoms with E-state index in [1.165, 1.54) is 0 Å². The number of hydrogen-bond donors (Lipinski definition) is 0. The molecule has 0 aromatic rings. The maximum Gasteiger partial charge on any atom is 0.214 e. The molecule has 2 aliphatic rings. The van der Waals surface area contributed by atoms with Gasteiger partial charge in [-0.1, -0.05) is 0 Å². The van der Waals surface area contributed by atoms with Crippen LogP contribution in [0, 0.1) is 5.92 Å². The van der Waals surface area contributed by atoms with Gasteiger partial charge in [0.05, 0.1) is 5.75 Å². The summed E-state index contributed by atoms with van der Waals surface area (Å²) in [6.45, 7) is 2.31. The van der Waals surface area contributed by atoms with Crippen molar-refractivity contribution in [3.63, 3.8) is 0 Å². The standard InChI is InChI=1S/C11H19NO3S/c1-9(13)10-3-5-11(6-4-10)12-7-2-8-16(12,14)15/h10-11H,2-8H2,1H3. The van der Waals surface area contributed by atoms with Crippen molar-refractivity contribution in [2.45, 2.75) is 45.1 Å². The van der Waals surface area contributed by atoms with E-state index in [4.69, 9.17) is 0 Å². The van der Waals surface area contributed by atoms with Crippen LogP contribution >= 0.6 is 0 Å². The first-order valence-electron chi connectivity index (χ1n) is 6.00. The molecule has 0 atom stereocenters. The molecule has 2 fully saturated rings. The topological polar surface area (TPSA) is 54.5 Å². The van der Waals surface area contributed by atoms with Crippen LogP contribution in [0.15, 0.2) is 0 Å². The molecule has 4 nitrogen and oxygen atoms in total. The van der Waals surface area contributed by atoms with Crippen LogP contribution in [-0.4, -0.2) is 36.8 Å². The molecule has 0 radical (unpaired) electrons. The fraction of sp³-hybridized carbons (Fsp3) is 0.909. The highest BCUT2D eigenvalue weighted by Crippen LogP contribution is 2.31. The van der Waals surface area contributed by atoms with Crippen LogP contribution in [-0.2, 0) is 14.8 Å². The summed E-state index contributed by atoms with van der Waals surface area (Å²) in [4.78, 5) is 11.2. The molecular formula is C11H19NO3S. The normalized spacial score (nSPS) is 35.1. The largest absolute Gasteiger partial charge is 0.300 e. The van der Waals surface area contributed by atoms with E-state index in [1.807, 2.05) is 0 Å². The van der Waals surface area contributed by atoms with Gasteiger partial charge in [-0.2, -0.15) is 4.31 Å². The minimum absolute atomic E-state index is 0.156. The molecule has 1 aliphatic carbocycles. The predicted octanol–water partition coefficient (Wildman–Crippen LogP) is 1.17. The van der Waals surface area contributed by atoms with Crippen LogP contribution < -0.4 is 0 Å². The lowest BCUT2D eigenvalue weighted by Gasteiger charge is -2.32. The van der Waals surface area contributed by atoms with Gasteiger partial charge in [0.2, 0.25) is 10.0 Å². The van der Waals surface area contributed by atoms with E-state index in [0.717, 1.165) is 32.1 Å². The lowest BCUT2D eigenvalue weighted by Crippen LogP contribution is -2.39. The zero-order chi connectivity index (χ0) is 11.8. The zero-order valence-electron chi connectivity index (χ0n) is 9.68. The van der Waals surface area contributed by atoms with E-state index < -0.39 is 10.0 Å². The highest BCUT2D eigenvalue weighted by atomic mass is 32.2. The molecular weight excluding hydrogens is 226 g/mol. The van der Waals surface area contributed by atoms with E-state index >= 15 is 0 Å². The van der Waals surface area contributed by atoms with Crippen LogP contribution in [0.5, 0.6) is 0 Å². The molecule has 0 amide bonds. The predicted molar refractivity (Wildman–Crippen MR) is 61.5 cm³/mol. The Morgan fingerprint density at radius 3 is 2.25 bits per heavy atom. The zero-order valence-corrected chi connectivity index (χ0v) is 10.5. The Morgan fingerprint density at radius 1 is 1.19 bits per heavy atom. The lowest BCUT2D eigenvalue weighted by molar-refractivity contribution is -0.121. The summed E-state index contributed by atoms with van der Waals surface area (Å²) in [5.74, 6) is 0.726. The Balaban J connectivity index is 1.97. The number of nitrogens with zero attached hydrogens (tertiary/aromatic N) is 1. The summed E-state index contributed by atoms with van der Waals surface area (Å²) >= 11 is 0. The Labute approximate surface area is 97.1 Å². The average molecular weight is 245 g/mol. The van der Waals surface area contributed by atoms with Crippen molar-refractivity contribution >= 4 is 15.8 Å². The van der Waals surface area contributed by atoms with Crippen LogP contribution in [0.25, 0.3) is 0 Å². The fourth-order valence-corrected chi connectivity index (χ4v) is 4.64. The molecule has 2 rings (SSSR count). The summed E-state index contributed by atoms with van der Waals surface area (Å²) in [5.41, 5.74) is 0. The molecule has 1 saturated carbocycles. The Hall–Kier alpha value is -0.420. The van der Waals surface area contributed by atoms with Crippen LogP contribution in [0.1, 0.15) is 39.0 Å². The van der Waals surface area contributed by atoms with Crippen molar-refractivity contribution < 1.29 is 13.2 Å². The first kappa shape index (κ1) is 12.0. The third-order valence-electron chi connectivity index (χ3n) is 3.82. The number of hydrogen-bond acceptors (Lipinski definition) is 3. The van der Waals surface area contributed by atoms with Crippen LogP contribution in [0.3, 0.4) is 0 Å². The van der Waals surface area contributed by atoms with Gasteiger partial charge in [-0.3, -0.25) is 4.79 Å². The van der Waals surface area contributed by atoms with Gasteiger partial charge in [0.1, 0.15) is 5.78 Å². The van der Waals surface area contributed by atoms with Gasteiger partial charge >= 0.3 is 0 Å². The van der Waals surface area contributed by atoms with Gasteiger partial charge in [0.25, 0.3) is 0 Å². The quantitative estimate of drug-likeness (QED) is 0.734. The second-order valence-corrected chi connectivity index (χ2v) is 6.94. The Bertz CT molecular complexity index is 369. The molecule has 1 aliphatic heterocycles. The van der Waals surface area contributed by atoms with Crippen molar-refractivity contribution in [2.75, 3.05) is 12.3 Å². The summed E-state index contributed by atoms with van der Waals surface area (Å²) in [6, 6.07) is 0.156. The molecule has 0 N–H and O–H groups in total. The smallest absolute Gasteiger partial charge is 0.214 e. The number of Topliss-reactive ketones (excluding diaryl/α,β-unsaturated/α-hetero) is 1. The van der Waals surface area contributed by atoms with Crippen molar-refractivity contribution in [1.82, 2.24) is 4.31 Å². The summed E-state index contributed by atoms with van der Waals surface area (Å²) < 4.78 is 25.1. The van der Waals surface area contributed by atoms with Gasteiger partial charge in [0, 0.05) is 18.5 Å². The average Bonchev–Trinajstić information content (AvgIpc) is 2.58. The lowest BCUT2D eigenvalue weighted by atomic mass is 9.84. The van der Waals surface area contributed by atoms with Gasteiger partial charge in [-0.25, -0.2) is 8.42 Å². The van der Waals surface area contributed by atoms with E-state index in [2.05, 4.69) is 0 Å². The Morgan fingerprint density at radius 2 is 1.81 bits per heavy atom. The third-order valence-corrected chi connectivity index (χ3v) is 5.82. The number of sulfonamides is 1. The number of carbonyl (C=O) groups excluding carboxylic acids is 1. The van der Waals surface area contributed by atoms with Gasteiger partial charge in [0.15, 0.2) is 0 Å². The molecule has 0 bridgehead atoms. The molecule has 0 aromatic carbocycles. The van der Waals surface area contributed by atoms with Crippen molar-refractivity contribution in [3.05, 3.63) is 0 Å². The first-order valence-corrected chi connectivity index (χ1v) is 7.61. The molecule has 0 aromatic heterocycles. The van der Waals surface area contributed by atoms with Crippen molar-refractivity contribution in [2.24, 2.45) is 5.92 Å². The summed E-state index contributed by atoms with van der Waals surface area (Å²) in [5, 5.41) is 0. The molecule has 5 heteroatoms. The monoisotopic (exact) mass is 245 g/mol. The third kappa shape index (κ3) is 2.30. The molecule has 1 saturated heterocycles. The highest BCUT2D eigenvalue weighted by molar-refractivity contribution is 7.89. The summed E-state index contributed by atoms with van der Waals surface area (Å²) in [7, 11) is -2.98. The van der Waals surface area contributed by atoms with Gasteiger partial charge < -0.3 is 0 Å². The van der Waals surface area contributed by atoms with E-state index in [-0.39, 0.29) is 17.7 Å². The van der Waals surface area contributed by atoms with E-state index in [9.17, 15) is 13.2 Å². The van der Waals surface area contributed by atoms with Crippen LogP contribution in [0.4, 0.5) is 0 Å². The molecule has 0 spiro atoms. The van der Waals surface area contributed by atoms with Gasteiger partial charge in [-0.05, 0) is 39.0 Å². The van der Waals surface area contributed by atoms with E-state index in [0.29, 0.717) is 12.3 Å². The number of rotatable bonds is 2. The second kappa shape index (κ2) is 4.45. The Kier molecular flexibility index (Phi) is 3.35. The minimum Gasteiger partial charge on any atom is -0.300 e. The molecule has 92 valence electrons. The number of ketones is 1. The summed E-state index contributed by atoms with van der Waals surface area (Å²) in [6.07, 6.45) is 4.17. The SMILES string of the molecule is CC(=O)C1CCC(N2CCCS2(=O)=O)CC1. The van der Waals surface area contributed by atoms with Crippen molar-refractivity contribution in [3.8, 4) is 0 Å². The number of carbonyl (C=O) groups is 1. The molecule has 16 heavy (non-hydrogen) atoms. The minimum atomic E-state index is -2.98. The molecule has 0 unspecified atom stereocenters. The highest BCUT2D eigenvalue weighted by Gasteiger charge is 2.36. The maximum atomic E-state index is 11.7. The fourth-order valence-electron chi connectivity index (χ4n) is 2.84. The van der Waals surface area contributed by atoms with Crippen molar-refractivity contribution in [1.29, 1.82) is 0 Å². The molecule has 1 heterocycles. The van der Waals surface area contributed by atoms with Gasteiger partial charge in [-0.15, -0.1) is 0 Å². The van der Waals surface area contributed by atoms with E-state index in [1.54, 1.807) is 11.2 Å². The first-order chi connectivity index (χ1) is 7.50.